The molecular weight excluding hydrogens is 555 g/mol. The van der Waals surface area contributed by atoms with Crippen molar-refractivity contribution < 1.29 is 17.1 Å². The van der Waals surface area contributed by atoms with Gasteiger partial charge >= 0.3 is 0 Å². The van der Waals surface area contributed by atoms with Crippen LogP contribution in [-0.2, 0) is 36.2 Å². The van der Waals surface area contributed by atoms with Gasteiger partial charge in [0.05, 0.1) is 24.7 Å². The van der Waals surface area contributed by atoms with Gasteiger partial charge in [-0.3, -0.25) is 0 Å². The average Bonchev–Trinajstić information content (AvgIpc) is 3.50. The molecule has 0 atom stereocenters. The SMILES string of the molecule is [CH2-]Cc1ccccc1N(Cc1cccc2cc[n-]c12)c1ccccc1C[PH+](c1ccccc1)c1ccccc1.[Cu]. The monoisotopic (exact) mass is 586 g/mol. The van der Waals surface area contributed by atoms with Crippen molar-refractivity contribution in [2.75, 3.05) is 4.90 Å². The standard InChI is InChI=1S/C36H31N2P.Cu/c1-2-28-14-9-11-22-34(28)38(26-30-17-13-16-29-24-25-37-36(29)30)35-23-12-10-15-31(35)27-39(32-18-5-3-6-19-32)33-20-7-4-8-21-33;/h3-25H,1-2,26-27H2;/q-2;/p+1. The van der Waals surface area contributed by atoms with Gasteiger partial charge in [0.15, 0.2) is 0 Å². The van der Waals surface area contributed by atoms with E-state index in [4.69, 9.17) is 4.98 Å². The summed E-state index contributed by atoms with van der Waals surface area (Å²) >= 11 is 0. The van der Waals surface area contributed by atoms with Crippen LogP contribution < -0.4 is 20.5 Å². The summed E-state index contributed by atoms with van der Waals surface area (Å²) in [6, 6.07) is 48.2. The minimum atomic E-state index is -1.05. The molecule has 0 N–H and O–H groups in total. The molecule has 5 aromatic carbocycles. The van der Waals surface area contributed by atoms with Gasteiger partial charge in [-0.2, -0.15) is 12.6 Å². The Morgan fingerprint density at radius 2 is 1.12 bits per heavy atom. The zero-order valence-electron chi connectivity index (χ0n) is 22.3. The first kappa shape index (κ1) is 27.9. The minimum absolute atomic E-state index is 0. The maximum atomic E-state index is 4.72. The third-order valence-electron chi connectivity index (χ3n) is 7.38. The Labute approximate surface area is 249 Å². The normalized spacial score (nSPS) is 10.9. The number of anilines is 2. The Hall–Kier alpha value is -3.61. The van der Waals surface area contributed by atoms with Crippen LogP contribution in [0.4, 0.5) is 11.4 Å². The molecule has 1 heterocycles. The van der Waals surface area contributed by atoms with E-state index in [9.17, 15) is 0 Å². The van der Waals surface area contributed by atoms with Crippen LogP contribution in [0.2, 0.25) is 0 Å². The van der Waals surface area contributed by atoms with Gasteiger partial charge in [0.25, 0.3) is 0 Å². The fourth-order valence-electron chi connectivity index (χ4n) is 5.44. The molecule has 1 aromatic heterocycles. The average molecular weight is 587 g/mol. The van der Waals surface area contributed by atoms with Crippen molar-refractivity contribution in [1.29, 1.82) is 0 Å². The van der Waals surface area contributed by atoms with Crippen molar-refractivity contribution in [3.8, 4) is 0 Å². The zero-order chi connectivity index (χ0) is 26.4. The maximum absolute atomic E-state index is 4.72. The maximum Gasteiger partial charge on any atom is 0.0970 e. The molecule has 6 aromatic rings. The van der Waals surface area contributed by atoms with Crippen molar-refractivity contribution in [2.24, 2.45) is 0 Å². The Morgan fingerprint density at radius 1 is 0.575 bits per heavy atom. The fraction of sp³-hybridized carbons (Fsp3) is 0.0833. The number of benzene rings is 5. The van der Waals surface area contributed by atoms with Crippen molar-refractivity contribution in [3.63, 3.8) is 0 Å². The van der Waals surface area contributed by atoms with Crippen LogP contribution >= 0.6 is 7.92 Å². The molecule has 40 heavy (non-hydrogen) atoms. The molecule has 203 valence electrons. The number of hydrogen-bond acceptors (Lipinski definition) is 1. The van der Waals surface area contributed by atoms with Crippen LogP contribution in [0.1, 0.15) is 16.7 Å². The van der Waals surface area contributed by atoms with Crippen LogP contribution in [0.5, 0.6) is 0 Å². The molecule has 0 saturated heterocycles. The van der Waals surface area contributed by atoms with E-state index < -0.39 is 7.92 Å². The van der Waals surface area contributed by atoms with E-state index in [1.54, 1.807) is 0 Å². The summed E-state index contributed by atoms with van der Waals surface area (Å²) in [7, 11) is -1.05. The van der Waals surface area contributed by atoms with E-state index in [0.29, 0.717) is 0 Å². The summed E-state index contributed by atoms with van der Waals surface area (Å²) in [5.74, 6) is 0. The van der Waals surface area contributed by atoms with E-state index in [1.165, 1.54) is 44.1 Å². The quantitative estimate of drug-likeness (QED) is 0.0974. The van der Waals surface area contributed by atoms with Gasteiger partial charge in [-0.15, -0.1) is 5.52 Å². The number of fused-ring (bicyclic) bond motifs is 1. The van der Waals surface area contributed by atoms with Crippen molar-refractivity contribution >= 4 is 40.8 Å². The molecule has 0 fully saturated rings. The van der Waals surface area contributed by atoms with Gasteiger partial charge in [-0.05, 0) is 47.3 Å². The van der Waals surface area contributed by atoms with E-state index in [2.05, 4.69) is 145 Å². The van der Waals surface area contributed by atoms with E-state index in [0.717, 1.165) is 24.6 Å². The predicted octanol–water partition coefficient (Wildman–Crippen LogP) is 7.87. The Bertz CT molecular complexity index is 1620. The Morgan fingerprint density at radius 3 is 1.77 bits per heavy atom. The van der Waals surface area contributed by atoms with Crippen molar-refractivity contribution in [3.05, 3.63) is 163 Å². The zero-order valence-corrected chi connectivity index (χ0v) is 24.2. The summed E-state index contributed by atoms with van der Waals surface area (Å²) < 4.78 is 0. The van der Waals surface area contributed by atoms with Crippen LogP contribution in [0.3, 0.4) is 0 Å². The third kappa shape index (κ3) is 5.93. The first-order valence-electron chi connectivity index (χ1n) is 13.5. The number of hydrogen-bond donors (Lipinski definition) is 0. The van der Waals surface area contributed by atoms with Gasteiger partial charge in [0, 0.05) is 40.6 Å². The first-order valence-corrected chi connectivity index (χ1v) is 15.2. The molecule has 0 aliphatic carbocycles. The summed E-state index contributed by atoms with van der Waals surface area (Å²) in [4.78, 5) is 7.20. The van der Waals surface area contributed by atoms with Gasteiger partial charge in [-0.1, -0.05) is 103 Å². The van der Waals surface area contributed by atoms with Crippen LogP contribution in [0.15, 0.2) is 140 Å². The Kier molecular flexibility index (Phi) is 9.19. The molecule has 0 bridgehead atoms. The molecule has 0 unspecified atom stereocenters. The molecule has 2 nitrogen and oxygen atoms in total. The largest absolute Gasteiger partial charge is 0.663 e. The molecule has 0 aliphatic heterocycles. The molecular formula is C36H32CuN2P-. The smallest absolute Gasteiger partial charge is 0.0970 e. The fourth-order valence-corrected chi connectivity index (χ4v) is 8.05. The third-order valence-corrected chi connectivity index (χ3v) is 10.2. The molecule has 0 amide bonds. The van der Waals surface area contributed by atoms with Gasteiger partial charge in [-0.25, -0.2) is 0 Å². The number of para-hydroxylation sites is 3. The molecule has 4 heteroatoms. The number of aromatic nitrogens is 1. The molecule has 0 saturated carbocycles. The van der Waals surface area contributed by atoms with E-state index in [-0.39, 0.29) is 17.1 Å². The molecule has 0 aliphatic rings. The summed E-state index contributed by atoms with van der Waals surface area (Å²) in [6.07, 6.45) is 3.64. The van der Waals surface area contributed by atoms with E-state index in [1.807, 2.05) is 6.20 Å². The molecule has 6 rings (SSSR count). The second-order valence-electron chi connectivity index (χ2n) is 9.78. The van der Waals surface area contributed by atoms with E-state index >= 15 is 0 Å². The number of nitrogens with zero attached hydrogens (tertiary/aromatic N) is 2. The predicted molar refractivity (Wildman–Crippen MR) is 169 cm³/mol. The van der Waals surface area contributed by atoms with Crippen molar-refractivity contribution in [1.82, 2.24) is 4.98 Å². The molecule has 0 spiro atoms. The summed E-state index contributed by atoms with van der Waals surface area (Å²) in [5.41, 5.74) is 7.36. The van der Waals surface area contributed by atoms with Crippen LogP contribution in [0.25, 0.3) is 10.9 Å². The molecule has 1 radical (unpaired) electrons. The Balaban J connectivity index is 0.00000323. The van der Waals surface area contributed by atoms with Crippen molar-refractivity contribution in [2.45, 2.75) is 19.1 Å². The van der Waals surface area contributed by atoms with Gasteiger partial charge < -0.3 is 16.8 Å². The second-order valence-corrected chi connectivity index (χ2v) is 12.2. The minimum Gasteiger partial charge on any atom is -0.663 e. The van der Waals surface area contributed by atoms with Gasteiger partial charge in [0.1, 0.15) is 0 Å². The topological polar surface area (TPSA) is 17.3 Å². The first-order chi connectivity index (χ1) is 19.3. The van der Waals surface area contributed by atoms with Crippen LogP contribution in [0, 0.1) is 6.92 Å². The van der Waals surface area contributed by atoms with Gasteiger partial charge in [0.2, 0.25) is 0 Å². The second kappa shape index (κ2) is 13.2. The summed E-state index contributed by atoms with van der Waals surface area (Å²) in [5, 5.41) is 4.04. The summed E-state index contributed by atoms with van der Waals surface area (Å²) in [6.45, 7) is 4.99. The van der Waals surface area contributed by atoms with Crippen LogP contribution in [-0.4, -0.2) is 0 Å². The number of rotatable bonds is 9.